The van der Waals surface area contributed by atoms with Gasteiger partial charge in [0.2, 0.25) is 5.95 Å². The van der Waals surface area contributed by atoms with E-state index in [4.69, 9.17) is 24.3 Å². The third kappa shape index (κ3) is 8.25. The fourth-order valence-electron chi connectivity index (χ4n) is 3.32. The molecule has 2 atom stereocenters. The second kappa shape index (κ2) is 13.7. The zero-order valence-electron chi connectivity index (χ0n) is 21.1. The lowest BCUT2D eigenvalue weighted by Crippen LogP contribution is -2.20. The molecule has 0 saturated heterocycles. The Kier molecular flexibility index (Phi) is 10.6. The average Bonchev–Trinajstić information content (AvgIpc) is 3.27. The van der Waals surface area contributed by atoms with Crippen LogP contribution >= 0.6 is 7.60 Å². The molecule has 0 aliphatic carbocycles. The van der Waals surface area contributed by atoms with Crippen LogP contribution in [0.1, 0.15) is 44.2 Å². The van der Waals surface area contributed by atoms with E-state index in [1.54, 1.807) is 4.57 Å². The minimum atomic E-state index is -3.59. The Labute approximate surface area is 210 Å². The van der Waals surface area contributed by atoms with Crippen molar-refractivity contribution in [3.63, 3.8) is 0 Å². The first kappa shape index (κ1) is 28.0. The van der Waals surface area contributed by atoms with Gasteiger partial charge in [0.1, 0.15) is 6.35 Å². The number of aromatic amines is 1. The van der Waals surface area contributed by atoms with Crippen LogP contribution in [0, 0.1) is 6.92 Å². The summed E-state index contributed by atoms with van der Waals surface area (Å²) in [5.41, 5.74) is 7.78. The number of aromatic nitrogens is 4. The van der Waals surface area contributed by atoms with Crippen LogP contribution < -0.4 is 11.3 Å². The minimum absolute atomic E-state index is 0.00390. The Morgan fingerprint density at radius 1 is 1.17 bits per heavy atom. The molecule has 0 spiro atoms. The van der Waals surface area contributed by atoms with Crippen molar-refractivity contribution in [3.05, 3.63) is 52.1 Å². The largest absolute Gasteiger partial charge is 0.376 e. The molecule has 2 heterocycles. The SMILES string of the molecule is CCCCOC(CC)COP(=O)(COCCn1cnc2c(=O)[nH]c(N)nc21)OCc1ccc(C)cc1. The molecule has 3 aromatic rings. The summed E-state index contributed by atoms with van der Waals surface area (Å²) in [5, 5.41) is 0. The molecule has 2 unspecified atom stereocenters. The first-order valence-corrected chi connectivity index (χ1v) is 13.9. The smallest absolute Gasteiger partial charge is 0.356 e. The van der Waals surface area contributed by atoms with Gasteiger partial charge in [0, 0.05) is 13.2 Å². The Bertz CT molecular complexity index is 1200. The van der Waals surface area contributed by atoms with Gasteiger partial charge >= 0.3 is 7.60 Å². The Hall–Kier alpha value is -2.56. The van der Waals surface area contributed by atoms with E-state index in [-0.39, 0.29) is 43.7 Å². The van der Waals surface area contributed by atoms with Gasteiger partial charge in [-0.1, -0.05) is 50.1 Å². The molecule has 0 radical (unpaired) electrons. The van der Waals surface area contributed by atoms with Crippen molar-refractivity contribution in [2.45, 2.75) is 59.3 Å². The molecule has 0 aliphatic heterocycles. The number of imidazole rings is 1. The van der Waals surface area contributed by atoms with Crippen molar-refractivity contribution < 1.29 is 23.1 Å². The van der Waals surface area contributed by atoms with E-state index in [2.05, 4.69) is 21.9 Å². The van der Waals surface area contributed by atoms with E-state index < -0.39 is 13.2 Å². The first-order chi connectivity index (χ1) is 17.3. The number of nitrogens with two attached hydrogens (primary N) is 1. The van der Waals surface area contributed by atoms with Gasteiger partial charge < -0.3 is 28.8 Å². The van der Waals surface area contributed by atoms with Crippen molar-refractivity contribution in [2.75, 3.05) is 31.9 Å². The maximum Gasteiger partial charge on any atom is 0.356 e. The van der Waals surface area contributed by atoms with E-state index >= 15 is 0 Å². The Morgan fingerprint density at radius 2 is 1.94 bits per heavy atom. The molecule has 0 fully saturated rings. The number of unbranched alkanes of at least 4 members (excludes halogenated alkanes) is 1. The molecule has 0 aliphatic rings. The summed E-state index contributed by atoms with van der Waals surface area (Å²) < 4.78 is 38.3. The lowest BCUT2D eigenvalue weighted by atomic mass is 10.2. The molecule has 0 amide bonds. The monoisotopic (exact) mass is 521 g/mol. The molecule has 1 aromatic carbocycles. The van der Waals surface area contributed by atoms with Crippen LogP contribution in [0.2, 0.25) is 0 Å². The van der Waals surface area contributed by atoms with Crippen molar-refractivity contribution in [1.82, 2.24) is 19.5 Å². The fourth-order valence-corrected chi connectivity index (χ4v) is 4.63. The lowest BCUT2D eigenvalue weighted by molar-refractivity contribution is 0.00859. The number of benzene rings is 1. The van der Waals surface area contributed by atoms with Crippen LogP contribution in [0.3, 0.4) is 0 Å². The fraction of sp³-hybridized carbons (Fsp3) is 0.542. The van der Waals surface area contributed by atoms with Crippen LogP contribution in [0.4, 0.5) is 5.95 Å². The van der Waals surface area contributed by atoms with E-state index in [1.807, 2.05) is 38.1 Å². The van der Waals surface area contributed by atoms with E-state index in [9.17, 15) is 9.36 Å². The van der Waals surface area contributed by atoms with Crippen molar-refractivity contribution >= 4 is 24.7 Å². The molecule has 36 heavy (non-hydrogen) atoms. The number of H-pyrrole nitrogens is 1. The predicted molar refractivity (Wildman–Crippen MR) is 138 cm³/mol. The van der Waals surface area contributed by atoms with Crippen LogP contribution in [0.5, 0.6) is 0 Å². The quantitative estimate of drug-likeness (QED) is 0.211. The van der Waals surface area contributed by atoms with Crippen LogP contribution in [0.15, 0.2) is 35.4 Å². The molecule has 2 aromatic heterocycles. The summed E-state index contributed by atoms with van der Waals surface area (Å²) in [4.78, 5) is 22.6. The first-order valence-electron chi connectivity index (χ1n) is 12.2. The highest BCUT2D eigenvalue weighted by molar-refractivity contribution is 7.53. The van der Waals surface area contributed by atoms with Gasteiger partial charge in [0.15, 0.2) is 11.2 Å². The topological polar surface area (TPSA) is 144 Å². The molecule has 198 valence electrons. The third-order valence-electron chi connectivity index (χ3n) is 5.53. The molecular weight excluding hydrogens is 485 g/mol. The van der Waals surface area contributed by atoms with Crippen molar-refractivity contribution in [2.24, 2.45) is 0 Å². The molecule has 3 N–H and O–H groups in total. The third-order valence-corrected chi connectivity index (χ3v) is 7.10. The zero-order valence-corrected chi connectivity index (χ0v) is 22.0. The van der Waals surface area contributed by atoms with E-state index in [1.165, 1.54) is 6.33 Å². The van der Waals surface area contributed by atoms with Gasteiger partial charge in [-0.25, -0.2) is 4.98 Å². The van der Waals surface area contributed by atoms with E-state index in [0.29, 0.717) is 18.8 Å². The number of ether oxygens (including phenoxy) is 2. The van der Waals surface area contributed by atoms with Gasteiger partial charge in [0.05, 0.1) is 32.3 Å². The number of nitrogens with one attached hydrogen (secondary N) is 1. The zero-order chi connectivity index (χ0) is 26.0. The second-order valence-corrected chi connectivity index (χ2v) is 10.5. The summed E-state index contributed by atoms with van der Waals surface area (Å²) >= 11 is 0. The van der Waals surface area contributed by atoms with Crippen molar-refractivity contribution in [3.8, 4) is 0 Å². The van der Waals surface area contributed by atoms with E-state index in [0.717, 1.165) is 30.4 Å². The summed E-state index contributed by atoms with van der Waals surface area (Å²) in [6, 6.07) is 7.79. The van der Waals surface area contributed by atoms with Gasteiger partial charge in [-0.05, 0) is 25.3 Å². The standard InChI is InChI=1S/C24H36N5O6P/c1-4-6-12-33-20(5-2)15-35-36(31,34-14-19-9-7-18(3)8-10-19)17-32-13-11-29-16-26-21-22(29)27-24(25)28-23(21)30/h7-10,16,20H,4-6,11-15,17H2,1-3H3,(H3,25,27,28,30). The highest BCUT2D eigenvalue weighted by Gasteiger charge is 2.27. The highest BCUT2D eigenvalue weighted by atomic mass is 31.2. The summed E-state index contributed by atoms with van der Waals surface area (Å²) in [7, 11) is -3.59. The Balaban J connectivity index is 1.60. The normalized spacial score (nSPS) is 14.2. The second-order valence-electron chi connectivity index (χ2n) is 8.52. The summed E-state index contributed by atoms with van der Waals surface area (Å²) in [6.45, 7) is 7.49. The number of hydrogen-bond acceptors (Lipinski definition) is 9. The molecular formula is C24H36N5O6P. The van der Waals surface area contributed by atoms with Crippen LogP contribution in [-0.4, -0.2) is 51.8 Å². The minimum Gasteiger partial charge on any atom is -0.376 e. The van der Waals surface area contributed by atoms with Gasteiger partial charge in [0.25, 0.3) is 5.56 Å². The van der Waals surface area contributed by atoms with Crippen molar-refractivity contribution in [1.29, 1.82) is 0 Å². The molecule has 0 saturated carbocycles. The molecule has 11 nitrogen and oxygen atoms in total. The molecule has 3 rings (SSSR count). The van der Waals surface area contributed by atoms with Gasteiger partial charge in [-0.15, -0.1) is 0 Å². The van der Waals surface area contributed by atoms with Gasteiger partial charge in [-0.3, -0.25) is 14.3 Å². The van der Waals surface area contributed by atoms with Crippen LogP contribution in [0.25, 0.3) is 11.2 Å². The summed E-state index contributed by atoms with van der Waals surface area (Å²) in [5.74, 6) is 0.00390. The highest BCUT2D eigenvalue weighted by Crippen LogP contribution is 2.49. The summed E-state index contributed by atoms with van der Waals surface area (Å²) in [6.07, 6.45) is 3.79. The van der Waals surface area contributed by atoms with Crippen LogP contribution in [-0.2, 0) is 36.2 Å². The molecule has 0 bridgehead atoms. The average molecular weight is 522 g/mol. The number of nitrogen functional groups attached to an aromatic ring is 1. The number of fused-ring (bicyclic) bond motifs is 1. The predicted octanol–water partition coefficient (Wildman–Crippen LogP) is 4.01. The maximum absolute atomic E-state index is 13.5. The number of hydrogen-bond donors (Lipinski definition) is 2. The number of aryl methyl sites for hydroxylation is 1. The Morgan fingerprint density at radius 3 is 2.67 bits per heavy atom. The lowest BCUT2D eigenvalue weighted by Gasteiger charge is -2.22. The molecule has 12 heteroatoms. The van der Waals surface area contributed by atoms with Gasteiger partial charge in [-0.2, -0.15) is 4.98 Å². The number of anilines is 1. The number of rotatable bonds is 16. The number of nitrogens with zero attached hydrogens (tertiary/aromatic N) is 3. The maximum atomic E-state index is 13.5.